The van der Waals surface area contributed by atoms with Crippen LogP contribution in [0.4, 0.5) is 0 Å². The number of carbonyl (C=O) groups excluding carboxylic acids is 1. The minimum absolute atomic E-state index is 0.139. The van der Waals surface area contributed by atoms with Crippen LogP contribution in [0.5, 0.6) is 5.75 Å². The molecule has 1 atom stereocenters. The molecule has 1 heterocycles. The Balaban J connectivity index is 1.58. The zero-order valence-corrected chi connectivity index (χ0v) is 16.9. The van der Waals surface area contributed by atoms with Gasteiger partial charge in [0.25, 0.3) is 5.91 Å². The number of amides is 1. The van der Waals surface area contributed by atoms with E-state index in [1.807, 2.05) is 56.3 Å². The van der Waals surface area contributed by atoms with Crippen molar-refractivity contribution in [3.8, 4) is 17.1 Å². The van der Waals surface area contributed by atoms with E-state index in [1.54, 1.807) is 6.92 Å². The number of ether oxygens (including phenoxy) is 1. The van der Waals surface area contributed by atoms with E-state index in [-0.39, 0.29) is 12.5 Å². The summed E-state index contributed by atoms with van der Waals surface area (Å²) >= 11 is 3.41. The van der Waals surface area contributed by atoms with Crippen LogP contribution in [0.2, 0.25) is 0 Å². The van der Waals surface area contributed by atoms with Crippen LogP contribution in [0.25, 0.3) is 11.4 Å². The minimum Gasteiger partial charge on any atom is -0.481 e. The normalized spacial score (nSPS) is 11.9. The van der Waals surface area contributed by atoms with E-state index >= 15 is 0 Å². The Morgan fingerprint density at radius 1 is 1.26 bits per heavy atom. The van der Waals surface area contributed by atoms with Crippen molar-refractivity contribution in [3.63, 3.8) is 0 Å². The highest BCUT2D eigenvalue weighted by Gasteiger charge is 2.17. The summed E-state index contributed by atoms with van der Waals surface area (Å²) in [7, 11) is 0. The summed E-state index contributed by atoms with van der Waals surface area (Å²) in [5.74, 6) is 1.25. The lowest BCUT2D eigenvalue weighted by molar-refractivity contribution is -0.127. The molecular formula is C20H20BrN3O3. The Kier molecular flexibility index (Phi) is 5.91. The molecule has 3 aromatic rings. The van der Waals surface area contributed by atoms with Crippen LogP contribution < -0.4 is 10.1 Å². The predicted octanol–water partition coefficient (Wildman–Crippen LogP) is 4.20. The molecule has 6 nitrogen and oxygen atoms in total. The maximum atomic E-state index is 12.3. The number of hydrogen-bond donors (Lipinski definition) is 1. The number of hydrogen-bond acceptors (Lipinski definition) is 5. The highest BCUT2D eigenvalue weighted by molar-refractivity contribution is 9.10. The van der Waals surface area contributed by atoms with Gasteiger partial charge in [0.2, 0.25) is 11.7 Å². The molecule has 7 heteroatoms. The Morgan fingerprint density at radius 3 is 2.85 bits per heavy atom. The van der Waals surface area contributed by atoms with Crippen LogP contribution in [0.3, 0.4) is 0 Å². The van der Waals surface area contributed by atoms with E-state index in [1.165, 1.54) is 0 Å². The topological polar surface area (TPSA) is 77.2 Å². The van der Waals surface area contributed by atoms with Gasteiger partial charge >= 0.3 is 0 Å². The first-order valence-electron chi connectivity index (χ1n) is 8.52. The molecule has 3 rings (SSSR count). The van der Waals surface area contributed by atoms with Gasteiger partial charge in [-0.05, 0) is 50.1 Å². The molecule has 0 fully saturated rings. The second kappa shape index (κ2) is 8.35. The molecule has 1 aromatic heterocycles. The lowest BCUT2D eigenvalue weighted by Gasteiger charge is -2.16. The molecule has 27 heavy (non-hydrogen) atoms. The summed E-state index contributed by atoms with van der Waals surface area (Å²) in [6.45, 7) is 5.77. The number of aromatic nitrogens is 2. The van der Waals surface area contributed by atoms with E-state index in [9.17, 15) is 4.79 Å². The number of benzene rings is 2. The van der Waals surface area contributed by atoms with Crippen molar-refractivity contribution in [1.29, 1.82) is 0 Å². The van der Waals surface area contributed by atoms with E-state index in [4.69, 9.17) is 9.26 Å². The highest BCUT2D eigenvalue weighted by Crippen LogP contribution is 2.21. The van der Waals surface area contributed by atoms with Gasteiger partial charge in [-0.3, -0.25) is 4.79 Å². The zero-order chi connectivity index (χ0) is 19.4. The van der Waals surface area contributed by atoms with Gasteiger partial charge in [-0.25, -0.2) is 0 Å². The van der Waals surface area contributed by atoms with Crippen molar-refractivity contribution in [1.82, 2.24) is 15.5 Å². The van der Waals surface area contributed by atoms with Gasteiger partial charge in [-0.1, -0.05) is 45.4 Å². The predicted molar refractivity (Wildman–Crippen MR) is 105 cm³/mol. The quantitative estimate of drug-likeness (QED) is 0.635. The van der Waals surface area contributed by atoms with Crippen molar-refractivity contribution >= 4 is 21.8 Å². The fraction of sp³-hybridized carbons (Fsp3) is 0.250. The third kappa shape index (κ3) is 4.95. The van der Waals surface area contributed by atoms with Crippen LogP contribution in [0, 0.1) is 13.8 Å². The molecule has 1 N–H and O–H groups in total. The second-order valence-corrected chi connectivity index (χ2v) is 7.18. The van der Waals surface area contributed by atoms with Gasteiger partial charge in [0, 0.05) is 10.0 Å². The average Bonchev–Trinajstić information content (AvgIpc) is 3.12. The lowest BCUT2D eigenvalue weighted by atomic mass is 10.1. The molecule has 0 saturated carbocycles. The molecule has 1 unspecified atom stereocenters. The SMILES string of the molecule is Cc1ccc(C)c(OC(C)C(=O)NCc2nc(-c3cccc(Br)c3)no2)c1. The fourth-order valence-corrected chi connectivity index (χ4v) is 2.86. The third-order valence-electron chi connectivity index (χ3n) is 3.98. The summed E-state index contributed by atoms with van der Waals surface area (Å²) < 4.78 is 11.9. The Morgan fingerprint density at radius 2 is 2.07 bits per heavy atom. The number of nitrogens with zero attached hydrogens (tertiary/aromatic N) is 2. The Labute approximate surface area is 166 Å². The molecule has 1 amide bonds. The fourth-order valence-electron chi connectivity index (χ4n) is 2.46. The van der Waals surface area contributed by atoms with Gasteiger partial charge < -0.3 is 14.6 Å². The lowest BCUT2D eigenvalue weighted by Crippen LogP contribution is -2.36. The van der Waals surface area contributed by atoms with Crippen LogP contribution in [-0.2, 0) is 11.3 Å². The van der Waals surface area contributed by atoms with Gasteiger partial charge in [0.15, 0.2) is 6.10 Å². The molecule has 0 radical (unpaired) electrons. The maximum absolute atomic E-state index is 12.3. The standard InChI is InChI=1S/C20H20BrN3O3/c1-12-7-8-13(2)17(9-12)26-14(3)20(25)22-11-18-23-19(24-27-18)15-5-4-6-16(21)10-15/h4-10,14H,11H2,1-3H3,(H,22,25). The van der Waals surface area contributed by atoms with Crippen molar-refractivity contribution in [3.05, 3.63) is 64.0 Å². The number of rotatable bonds is 6. The highest BCUT2D eigenvalue weighted by atomic mass is 79.9. The number of halogens is 1. The first-order chi connectivity index (χ1) is 12.9. The molecule has 0 aliphatic carbocycles. The largest absolute Gasteiger partial charge is 0.481 e. The van der Waals surface area contributed by atoms with Crippen molar-refractivity contribution in [2.45, 2.75) is 33.4 Å². The van der Waals surface area contributed by atoms with Crippen molar-refractivity contribution in [2.75, 3.05) is 0 Å². The smallest absolute Gasteiger partial charge is 0.261 e. The minimum atomic E-state index is -0.641. The van der Waals surface area contributed by atoms with Crippen LogP contribution in [0.15, 0.2) is 51.5 Å². The Bertz CT molecular complexity index is 955. The van der Waals surface area contributed by atoms with Gasteiger partial charge in [-0.15, -0.1) is 0 Å². The zero-order valence-electron chi connectivity index (χ0n) is 15.3. The summed E-state index contributed by atoms with van der Waals surface area (Å²) in [4.78, 5) is 16.6. The molecule has 2 aromatic carbocycles. The maximum Gasteiger partial charge on any atom is 0.261 e. The van der Waals surface area contributed by atoms with Crippen LogP contribution >= 0.6 is 15.9 Å². The molecular weight excluding hydrogens is 410 g/mol. The second-order valence-electron chi connectivity index (χ2n) is 6.27. The summed E-state index contributed by atoms with van der Waals surface area (Å²) in [6.07, 6.45) is -0.641. The van der Waals surface area contributed by atoms with Crippen LogP contribution in [-0.4, -0.2) is 22.2 Å². The summed E-state index contributed by atoms with van der Waals surface area (Å²) in [5.41, 5.74) is 2.89. The molecule has 0 aliphatic rings. The van der Waals surface area contributed by atoms with Gasteiger partial charge in [-0.2, -0.15) is 4.98 Å². The third-order valence-corrected chi connectivity index (χ3v) is 4.47. The first-order valence-corrected chi connectivity index (χ1v) is 9.32. The van der Waals surface area contributed by atoms with Crippen LogP contribution in [0.1, 0.15) is 23.9 Å². The van der Waals surface area contributed by atoms with Crippen molar-refractivity contribution < 1.29 is 14.1 Å². The molecule has 0 bridgehead atoms. The molecule has 0 spiro atoms. The summed E-state index contributed by atoms with van der Waals surface area (Å²) in [5, 5.41) is 6.71. The first kappa shape index (κ1) is 19.1. The van der Waals surface area contributed by atoms with E-state index in [0.717, 1.165) is 21.2 Å². The van der Waals surface area contributed by atoms with Gasteiger partial charge in [0.05, 0.1) is 6.54 Å². The number of aryl methyl sites for hydroxylation is 2. The Hall–Kier alpha value is -2.67. The van der Waals surface area contributed by atoms with E-state index in [0.29, 0.717) is 17.5 Å². The van der Waals surface area contributed by atoms with Gasteiger partial charge in [0.1, 0.15) is 5.75 Å². The van der Waals surface area contributed by atoms with E-state index < -0.39 is 6.10 Å². The number of carbonyl (C=O) groups is 1. The molecule has 0 saturated heterocycles. The summed E-state index contributed by atoms with van der Waals surface area (Å²) in [6, 6.07) is 13.5. The van der Waals surface area contributed by atoms with E-state index in [2.05, 4.69) is 31.4 Å². The monoisotopic (exact) mass is 429 g/mol. The average molecular weight is 430 g/mol. The molecule has 0 aliphatic heterocycles. The van der Waals surface area contributed by atoms with Crippen molar-refractivity contribution in [2.24, 2.45) is 0 Å². The molecule has 140 valence electrons. The number of nitrogens with one attached hydrogen (secondary N) is 1.